The van der Waals surface area contributed by atoms with Gasteiger partial charge in [-0.2, -0.15) is 18.3 Å². The first-order chi connectivity index (χ1) is 5.08. The molecule has 5 heteroatoms. The van der Waals surface area contributed by atoms with Gasteiger partial charge in [-0.05, 0) is 12.5 Å². The van der Waals surface area contributed by atoms with E-state index in [0.29, 0.717) is 5.69 Å². The zero-order valence-electron chi connectivity index (χ0n) is 5.65. The quantitative estimate of drug-likeness (QED) is 0.710. The molecule has 62 valence electrons. The minimum absolute atomic E-state index is 0.0243. The van der Waals surface area contributed by atoms with Crippen molar-refractivity contribution >= 4 is 0 Å². The van der Waals surface area contributed by atoms with Crippen molar-refractivity contribution in [2.75, 3.05) is 0 Å². The smallest absolute Gasteiger partial charge is 0.283 e. The van der Waals surface area contributed by atoms with Crippen molar-refractivity contribution in [1.82, 2.24) is 10.2 Å². The van der Waals surface area contributed by atoms with Crippen LogP contribution in [0.5, 0.6) is 0 Å². The second-order valence-corrected chi connectivity index (χ2v) is 2.20. The second-order valence-electron chi connectivity index (χ2n) is 2.20. The lowest BCUT2D eigenvalue weighted by Gasteiger charge is -2.03. The van der Waals surface area contributed by atoms with Crippen LogP contribution in [-0.2, 0) is 6.42 Å². The van der Waals surface area contributed by atoms with Gasteiger partial charge in [-0.25, -0.2) is 0 Å². The molecular formula is C6H7F3N2. The first-order valence-electron chi connectivity index (χ1n) is 3.13. The van der Waals surface area contributed by atoms with E-state index in [1.807, 2.05) is 0 Å². The monoisotopic (exact) mass is 164 g/mol. The summed E-state index contributed by atoms with van der Waals surface area (Å²) in [5.74, 6) is 0. The minimum Gasteiger partial charge on any atom is -0.283 e. The van der Waals surface area contributed by atoms with Crippen molar-refractivity contribution < 1.29 is 13.2 Å². The van der Waals surface area contributed by atoms with E-state index in [1.54, 1.807) is 0 Å². The Balaban J connectivity index is 2.35. The molecule has 0 unspecified atom stereocenters. The molecule has 1 rings (SSSR count). The van der Waals surface area contributed by atoms with E-state index >= 15 is 0 Å². The number of alkyl halides is 3. The van der Waals surface area contributed by atoms with Gasteiger partial charge in [0.1, 0.15) is 0 Å². The molecule has 0 atom stereocenters. The molecule has 0 amide bonds. The molecule has 0 bridgehead atoms. The number of rotatable bonds is 2. The van der Waals surface area contributed by atoms with Crippen LogP contribution in [-0.4, -0.2) is 16.4 Å². The number of aromatic nitrogens is 2. The first kappa shape index (κ1) is 8.10. The van der Waals surface area contributed by atoms with Gasteiger partial charge in [0, 0.05) is 18.3 Å². The van der Waals surface area contributed by atoms with Crippen molar-refractivity contribution in [2.24, 2.45) is 0 Å². The summed E-state index contributed by atoms with van der Waals surface area (Å²) in [5, 5.41) is 5.99. The van der Waals surface area contributed by atoms with Crippen LogP contribution in [0.1, 0.15) is 12.1 Å². The van der Waals surface area contributed by atoms with Crippen molar-refractivity contribution in [2.45, 2.75) is 19.0 Å². The molecule has 1 heterocycles. The van der Waals surface area contributed by atoms with Crippen LogP contribution in [0.15, 0.2) is 12.3 Å². The number of nitrogens with zero attached hydrogens (tertiary/aromatic N) is 1. The molecule has 1 aromatic rings. The number of nitrogens with one attached hydrogen (secondary N) is 1. The number of aromatic amines is 1. The normalized spacial score (nSPS) is 11.9. The summed E-state index contributed by atoms with van der Waals surface area (Å²) in [5.41, 5.74) is 0.516. The van der Waals surface area contributed by atoms with Crippen LogP contribution in [0.4, 0.5) is 13.2 Å². The highest BCUT2D eigenvalue weighted by molar-refractivity contribution is 4.97. The number of aryl methyl sites for hydroxylation is 1. The van der Waals surface area contributed by atoms with E-state index in [2.05, 4.69) is 10.2 Å². The Morgan fingerprint density at radius 3 is 2.64 bits per heavy atom. The first-order valence-corrected chi connectivity index (χ1v) is 3.13. The lowest BCUT2D eigenvalue weighted by molar-refractivity contribution is -0.134. The second kappa shape index (κ2) is 2.94. The third kappa shape index (κ3) is 3.06. The average Bonchev–Trinajstić information content (AvgIpc) is 2.32. The molecule has 0 saturated heterocycles. The molecular weight excluding hydrogens is 157 g/mol. The van der Waals surface area contributed by atoms with Crippen LogP contribution in [0.3, 0.4) is 0 Å². The van der Waals surface area contributed by atoms with E-state index < -0.39 is 12.6 Å². The fraction of sp³-hybridized carbons (Fsp3) is 0.500. The fourth-order valence-corrected chi connectivity index (χ4v) is 0.700. The van der Waals surface area contributed by atoms with Gasteiger partial charge in [0.15, 0.2) is 0 Å². The van der Waals surface area contributed by atoms with Gasteiger partial charge in [-0.1, -0.05) is 0 Å². The topological polar surface area (TPSA) is 28.7 Å². The minimum atomic E-state index is -4.08. The third-order valence-corrected chi connectivity index (χ3v) is 1.24. The molecule has 0 aliphatic heterocycles. The highest BCUT2D eigenvalue weighted by Crippen LogP contribution is 2.21. The molecule has 0 fully saturated rings. The Labute approximate surface area is 61.4 Å². The summed E-state index contributed by atoms with van der Waals surface area (Å²) in [6.07, 6.45) is -3.46. The van der Waals surface area contributed by atoms with E-state index in [4.69, 9.17) is 0 Å². The molecule has 0 aliphatic rings. The Morgan fingerprint density at radius 2 is 2.18 bits per heavy atom. The number of hydrogen-bond donors (Lipinski definition) is 1. The van der Waals surface area contributed by atoms with E-state index in [1.165, 1.54) is 12.3 Å². The molecule has 1 N–H and O–H groups in total. The van der Waals surface area contributed by atoms with Gasteiger partial charge < -0.3 is 0 Å². The SMILES string of the molecule is FC(F)(F)CCc1ccn[nH]1. The largest absolute Gasteiger partial charge is 0.389 e. The van der Waals surface area contributed by atoms with Crippen LogP contribution in [0, 0.1) is 0 Å². The summed E-state index contributed by atoms with van der Waals surface area (Å²) in [6.45, 7) is 0. The maximum Gasteiger partial charge on any atom is 0.389 e. The maximum absolute atomic E-state index is 11.6. The standard InChI is InChI=1S/C6H7F3N2/c7-6(8,9)3-1-5-2-4-10-11-5/h2,4H,1,3H2,(H,10,11). The van der Waals surface area contributed by atoms with Gasteiger partial charge in [0.25, 0.3) is 0 Å². The number of hydrogen-bond acceptors (Lipinski definition) is 1. The van der Waals surface area contributed by atoms with Gasteiger partial charge in [0.05, 0.1) is 0 Å². The van der Waals surface area contributed by atoms with E-state index in [-0.39, 0.29) is 6.42 Å². The Kier molecular flexibility index (Phi) is 2.16. The van der Waals surface area contributed by atoms with Crippen LogP contribution >= 0.6 is 0 Å². The average molecular weight is 164 g/mol. The van der Waals surface area contributed by atoms with Crippen molar-refractivity contribution in [3.8, 4) is 0 Å². The molecule has 0 aromatic carbocycles. The van der Waals surface area contributed by atoms with Crippen LogP contribution < -0.4 is 0 Å². The van der Waals surface area contributed by atoms with Crippen molar-refractivity contribution in [3.05, 3.63) is 18.0 Å². The van der Waals surface area contributed by atoms with E-state index in [0.717, 1.165) is 0 Å². The zero-order chi connectivity index (χ0) is 8.32. The summed E-state index contributed by atoms with van der Waals surface area (Å²) >= 11 is 0. The predicted octanol–water partition coefficient (Wildman–Crippen LogP) is 1.90. The van der Waals surface area contributed by atoms with Crippen molar-refractivity contribution in [1.29, 1.82) is 0 Å². The molecule has 0 radical (unpaired) electrons. The molecule has 0 spiro atoms. The van der Waals surface area contributed by atoms with Gasteiger partial charge in [-0.3, -0.25) is 5.10 Å². The van der Waals surface area contributed by atoms with Crippen LogP contribution in [0.25, 0.3) is 0 Å². The Hall–Kier alpha value is -1.00. The maximum atomic E-state index is 11.6. The third-order valence-electron chi connectivity index (χ3n) is 1.24. The van der Waals surface area contributed by atoms with E-state index in [9.17, 15) is 13.2 Å². The molecule has 1 aromatic heterocycles. The Bertz CT molecular complexity index is 202. The zero-order valence-corrected chi connectivity index (χ0v) is 5.65. The highest BCUT2D eigenvalue weighted by atomic mass is 19.4. The summed E-state index contributed by atoms with van der Waals surface area (Å²) in [7, 11) is 0. The van der Waals surface area contributed by atoms with Crippen LogP contribution in [0.2, 0.25) is 0 Å². The summed E-state index contributed by atoms with van der Waals surface area (Å²) in [6, 6.07) is 1.53. The molecule has 0 aliphatic carbocycles. The molecule has 0 saturated carbocycles. The molecule has 2 nitrogen and oxygen atoms in total. The lowest BCUT2D eigenvalue weighted by atomic mass is 10.2. The predicted molar refractivity (Wildman–Crippen MR) is 33.0 cm³/mol. The Morgan fingerprint density at radius 1 is 1.45 bits per heavy atom. The van der Waals surface area contributed by atoms with Gasteiger partial charge in [0.2, 0.25) is 0 Å². The summed E-state index contributed by atoms with van der Waals surface area (Å²) < 4.78 is 34.8. The van der Waals surface area contributed by atoms with Gasteiger partial charge >= 0.3 is 6.18 Å². The fourth-order valence-electron chi connectivity index (χ4n) is 0.700. The lowest BCUT2D eigenvalue weighted by Crippen LogP contribution is -2.08. The number of H-pyrrole nitrogens is 1. The molecule has 11 heavy (non-hydrogen) atoms. The summed E-state index contributed by atoms with van der Waals surface area (Å²) in [4.78, 5) is 0. The number of halogens is 3. The van der Waals surface area contributed by atoms with Crippen molar-refractivity contribution in [3.63, 3.8) is 0 Å². The highest BCUT2D eigenvalue weighted by Gasteiger charge is 2.26. The van der Waals surface area contributed by atoms with Gasteiger partial charge in [-0.15, -0.1) is 0 Å².